The van der Waals surface area contributed by atoms with E-state index in [0.29, 0.717) is 5.37 Å². The summed E-state index contributed by atoms with van der Waals surface area (Å²) in [6, 6.07) is 0. The Bertz CT molecular complexity index is 122. The van der Waals surface area contributed by atoms with Crippen LogP contribution in [0.1, 0.15) is 6.92 Å². The quantitative estimate of drug-likeness (QED) is 0.548. The van der Waals surface area contributed by atoms with Crippen molar-refractivity contribution in [3.05, 3.63) is 11.6 Å². The molecule has 0 aromatic rings. The lowest BCUT2D eigenvalue weighted by Crippen LogP contribution is -2.34. The van der Waals surface area contributed by atoms with E-state index in [-0.39, 0.29) is 0 Å². The van der Waals surface area contributed by atoms with Crippen LogP contribution in [0.5, 0.6) is 0 Å². The maximum Gasteiger partial charge on any atom is 0.0914 e. The molecule has 52 valence electrons. The van der Waals surface area contributed by atoms with Gasteiger partial charge >= 0.3 is 0 Å². The first-order chi connectivity index (χ1) is 4.22. The molecule has 0 bridgehead atoms. The number of rotatable bonds is 1. The highest BCUT2D eigenvalue weighted by molar-refractivity contribution is 8.02. The first-order valence-corrected chi connectivity index (χ1v) is 3.94. The van der Waals surface area contributed by atoms with Crippen LogP contribution in [0.15, 0.2) is 11.6 Å². The molecule has 0 saturated heterocycles. The van der Waals surface area contributed by atoms with Crippen molar-refractivity contribution in [3.63, 3.8) is 0 Å². The van der Waals surface area contributed by atoms with Crippen molar-refractivity contribution in [1.29, 1.82) is 0 Å². The molecule has 1 atom stereocenters. The summed E-state index contributed by atoms with van der Waals surface area (Å²) >= 11 is 1.84. The van der Waals surface area contributed by atoms with Gasteiger partial charge in [0.1, 0.15) is 0 Å². The van der Waals surface area contributed by atoms with Crippen molar-refractivity contribution in [2.45, 2.75) is 12.3 Å². The summed E-state index contributed by atoms with van der Waals surface area (Å²) < 4.78 is 0. The Morgan fingerprint density at radius 3 is 2.44 bits per heavy atom. The van der Waals surface area contributed by atoms with E-state index in [9.17, 15) is 0 Å². The Morgan fingerprint density at radius 2 is 2.22 bits per heavy atom. The molecule has 0 saturated carbocycles. The highest BCUT2D eigenvalue weighted by Gasteiger charge is 2.15. The standard InChI is InChI=1S/C6H12N2S/c1-6-8(7(2)3)4-5-9-6/h4-6H,1-3H3. The molecule has 9 heavy (non-hydrogen) atoms. The Balaban J connectivity index is 2.49. The number of hydrogen-bond donors (Lipinski definition) is 0. The molecule has 2 nitrogen and oxygen atoms in total. The van der Waals surface area contributed by atoms with Crippen molar-refractivity contribution >= 4 is 11.8 Å². The Hall–Kier alpha value is -0.150. The third-order valence-corrected chi connectivity index (χ3v) is 2.21. The molecule has 0 aromatic carbocycles. The summed E-state index contributed by atoms with van der Waals surface area (Å²) in [4.78, 5) is 0. The molecule has 1 rings (SSSR count). The van der Waals surface area contributed by atoms with Crippen molar-refractivity contribution in [1.82, 2.24) is 10.0 Å². The minimum Gasteiger partial charge on any atom is -0.300 e. The average Bonchev–Trinajstić information content (AvgIpc) is 2.13. The molecule has 0 aliphatic carbocycles. The van der Waals surface area contributed by atoms with Crippen LogP contribution in [0.3, 0.4) is 0 Å². The molecule has 1 aliphatic heterocycles. The van der Waals surface area contributed by atoms with E-state index in [1.807, 2.05) is 25.9 Å². The van der Waals surface area contributed by atoms with Crippen LogP contribution in [0.25, 0.3) is 0 Å². The van der Waals surface area contributed by atoms with Crippen LogP contribution in [0.2, 0.25) is 0 Å². The second-order valence-electron chi connectivity index (χ2n) is 2.25. The zero-order chi connectivity index (χ0) is 6.85. The second-order valence-corrected chi connectivity index (χ2v) is 3.47. The van der Waals surface area contributed by atoms with Crippen molar-refractivity contribution in [2.75, 3.05) is 14.1 Å². The first-order valence-electron chi connectivity index (χ1n) is 2.99. The number of hydrogen-bond acceptors (Lipinski definition) is 3. The fourth-order valence-electron chi connectivity index (χ4n) is 0.853. The maximum absolute atomic E-state index is 2.19. The number of hydrazine groups is 1. The third-order valence-electron chi connectivity index (χ3n) is 1.32. The molecule has 0 radical (unpaired) electrons. The summed E-state index contributed by atoms with van der Waals surface area (Å²) in [5.74, 6) is 0. The lowest BCUT2D eigenvalue weighted by Gasteiger charge is -2.27. The lowest BCUT2D eigenvalue weighted by molar-refractivity contribution is 0.0798. The normalized spacial score (nSPS) is 26.2. The number of nitrogens with zero attached hydrogens (tertiary/aromatic N) is 2. The Labute approximate surface area is 60.5 Å². The molecule has 0 amide bonds. The van der Waals surface area contributed by atoms with Crippen LogP contribution in [0, 0.1) is 0 Å². The van der Waals surface area contributed by atoms with Crippen LogP contribution in [0.4, 0.5) is 0 Å². The van der Waals surface area contributed by atoms with E-state index < -0.39 is 0 Å². The van der Waals surface area contributed by atoms with E-state index in [0.717, 1.165) is 0 Å². The van der Waals surface area contributed by atoms with Crippen molar-refractivity contribution < 1.29 is 0 Å². The van der Waals surface area contributed by atoms with Gasteiger partial charge in [-0.2, -0.15) is 0 Å². The van der Waals surface area contributed by atoms with Gasteiger partial charge in [0.25, 0.3) is 0 Å². The van der Waals surface area contributed by atoms with Gasteiger partial charge in [-0.1, -0.05) is 0 Å². The maximum atomic E-state index is 2.19. The van der Waals surface area contributed by atoms with E-state index in [1.54, 1.807) is 0 Å². The fraction of sp³-hybridized carbons (Fsp3) is 0.667. The fourth-order valence-corrected chi connectivity index (χ4v) is 1.66. The SMILES string of the molecule is CC1SC=CN1N(C)C. The summed E-state index contributed by atoms with van der Waals surface area (Å²) in [6.07, 6.45) is 2.09. The third kappa shape index (κ3) is 1.40. The summed E-state index contributed by atoms with van der Waals surface area (Å²) in [5, 5.41) is 6.95. The molecular formula is C6H12N2S. The molecular weight excluding hydrogens is 132 g/mol. The van der Waals surface area contributed by atoms with Gasteiger partial charge < -0.3 is 0 Å². The largest absolute Gasteiger partial charge is 0.300 e. The zero-order valence-corrected chi connectivity index (χ0v) is 6.85. The van der Waals surface area contributed by atoms with E-state index in [4.69, 9.17) is 0 Å². The monoisotopic (exact) mass is 144 g/mol. The van der Waals surface area contributed by atoms with Gasteiger partial charge in [-0.15, -0.1) is 11.8 Å². The molecule has 0 aromatic heterocycles. The average molecular weight is 144 g/mol. The van der Waals surface area contributed by atoms with E-state index in [1.165, 1.54) is 0 Å². The molecule has 1 heterocycles. The molecule has 1 unspecified atom stereocenters. The molecule has 0 spiro atoms. The summed E-state index contributed by atoms with van der Waals surface area (Å²) in [7, 11) is 4.10. The predicted octanol–water partition coefficient (Wildman–Crippen LogP) is 1.33. The first kappa shape index (κ1) is 6.96. The smallest absolute Gasteiger partial charge is 0.0914 e. The van der Waals surface area contributed by atoms with E-state index >= 15 is 0 Å². The Morgan fingerprint density at radius 1 is 1.56 bits per heavy atom. The second kappa shape index (κ2) is 2.62. The molecule has 0 N–H and O–H groups in total. The molecule has 0 fully saturated rings. The van der Waals surface area contributed by atoms with Gasteiger partial charge in [-0.25, -0.2) is 5.01 Å². The van der Waals surface area contributed by atoms with Crippen molar-refractivity contribution in [2.24, 2.45) is 0 Å². The lowest BCUT2D eigenvalue weighted by atomic mass is 10.7. The van der Waals surface area contributed by atoms with Crippen molar-refractivity contribution in [3.8, 4) is 0 Å². The summed E-state index contributed by atoms with van der Waals surface area (Å²) in [5.41, 5.74) is 0. The van der Waals surface area contributed by atoms with Crippen LogP contribution >= 0.6 is 11.8 Å². The van der Waals surface area contributed by atoms with Crippen LogP contribution < -0.4 is 0 Å². The van der Waals surface area contributed by atoms with Gasteiger partial charge in [0, 0.05) is 20.3 Å². The Kier molecular flexibility index (Phi) is 2.03. The molecule has 3 heteroatoms. The minimum atomic E-state index is 0.569. The van der Waals surface area contributed by atoms with Gasteiger partial charge in [0.2, 0.25) is 0 Å². The van der Waals surface area contributed by atoms with E-state index in [2.05, 4.69) is 28.5 Å². The topological polar surface area (TPSA) is 6.48 Å². The van der Waals surface area contributed by atoms with Gasteiger partial charge in [-0.05, 0) is 12.3 Å². The van der Waals surface area contributed by atoms with Gasteiger partial charge in [-0.3, -0.25) is 5.01 Å². The highest BCUT2D eigenvalue weighted by atomic mass is 32.2. The van der Waals surface area contributed by atoms with Crippen LogP contribution in [-0.2, 0) is 0 Å². The number of thioether (sulfide) groups is 1. The predicted molar refractivity (Wildman–Crippen MR) is 41.7 cm³/mol. The molecule has 1 aliphatic rings. The highest BCUT2D eigenvalue weighted by Crippen LogP contribution is 2.24. The van der Waals surface area contributed by atoms with Crippen LogP contribution in [-0.4, -0.2) is 29.5 Å². The van der Waals surface area contributed by atoms with Gasteiger partial charge in [0.15, 0.2) is 0 Å². The van der Waals surface area contributed by atoms with Gasteiger partial charge in [0.05, 0.1) is 5.37 Å². The zero-order valence-electron chi connectivity index (χ0n) is 6.03. The summed E-state index contributed by atoms with van der Waals surface area (Å²) in [6.45, 7) is 2.19. The minimum absolute atomic E-state index is 0.569.